The van der Waals surface area contributed by atoms with Crippen molar-refractivity contribution < 1.29 is 24.8 Å². The van der Waals surface area contributed by atoms with Crippen LogP contribution >= 0.6 is 0 Å². The molecule has 0 heterocycles. The predicted octanol–water partition coefficient (Wildman–Crippen LogP) is 1.76. The second-order valence-electron chi connectivity index (χ2n) is 5.44. The van der Waals surface area contributed by atoms with Gasteiger partial charge in [-0.3, -0.25) is 0 Å². The topological polar surface area (TPSA) is 105 Å². The summed E-state index contributed by atoms with van der Waals surface area (Å²) < 4.78 is 10.3. The van der Waals surface area contributed by atoms with Crippen LogP contribution in [0.1, 0.15) is 22.3 Å². The maximum atomic E-state index is 9.98. The highest BCUT2D eigenvalue weighted by Gasteiger charge is 2.13. The molecule has 2 aromatic rings. The normalized spacial score (nSPS) is 10.7. The first-order valence-electron chi connectivity index (χ1n) is 7.60. The minimum Gasteiger partial charge on any atom is -0.503 e. The first-order chi connectivity index (χ1) is 11.5. The van der Waals surface area contributed by atoms with Crippen LogP contribution in [0.5, 0.6) is 17.2 Å². The number of anilines is 1. The first kappa shape index (κ1) is 17.9. The molecule has 0 aromatic heterocycles. The summed E-state index contributed by atoms with van der Waals surface area (Å²) in [5.74, 6) is 0.830. The lowest BCUT2D eigenvalue weighted by molar-refractivity contribution is 0.254. The summed E-state index contributed by atoms with van der Waals surface area (Å²) in [6.45, 7) is -0.371. The number of hydrogen-bond acceptors (Lipinski definition) is 6. The number of aryl methyl sites for hydroxylation is 2. The number of aliphatic hydroxyl groups is 2. The molecule has 24 heavy (non-hydrogen) atoms. The highest BCUT2D eigenvalue weighted by Crippen LogP contribution is 2.35. The summed E-state index contributed by atoms with van der Waals surface area (Å²) >= 11 is 0. The van der Waals surface area contributed by atoms with E-state index in [1.807, 2.05) is 18.2 Å². The van der Waals surface area contributed by atoms with E-state index >= 15 is 0 Å². The Balaban J connectivity index is 2.25. The van der Waals surface area contributed by atoms with Gasteiger partial charge < -0.3 is 30.5 Å². The summed E-state index contributed by atoms with van der Waals surface area (Å²) in [6.07, 6.45) is 1.25. The second kappa shape index (κ2) is 7.90. The van der Waals surface area contributed by atoms with Crippen LogP contribution in [-0.2, 0) is 26.1 Å². The summed E-state index contributed by atoms with van der Waals surface area (Å²) in [4.78, 5) is 0. The van der Waals surface area contributed by atoms with Crippen molar-refractivity contribution in [3.8, 4) is 17.2 Å². The number of nitrogens with two attached hydrogens (primary N) is 1. The van der Waals surface area contributed by atoms with Gasteiger partial charge in [-0.15, -0.1) is 0 Å². The molecule has 0 amide bonds. The number of ether oxygens (including phenoxy) is 2. The first-order valence-corrected chi connectivity index (χ1v) is 7.60. The highest BCUT2D eigenvalue weighted by molar-refractivity contribution is 5.64. The third-order valence-electron chi connectivity index (χ3n) is 4.08. The van der Waals surface area contributed by atoms with Gasteiger partial charge in [-0.25, -0.2) is 0 Å². The lowest BCUT2D eigenvalue weighted by atomic mass is 9.98. The van der Waals surface area contributed by atoms with E-state index in [0.29, 0.717) is 41.2 Å². The van der Waals surface area contributed by atoms with Crippen molar-refractivity contribution >= 4 is 5.69 Å². The standard InChI is InChI=1S/C18H23NO5/c1-23-15-6-5-12(17(19)18(15)22)4-3-11-7-13(9-20)14(10-21)16(8-11)24-2/h5-8,20-22H,3-4,9-10,19H2,1-2H3. The van der Waals surface area contributed by atoms with E-state index in [1.54, 1.807) is 6.07 Å². The van der Waals surface area contributed by atoms with Gasteiger partial charge in [0, 0.05) is 5.56 Å². The molecule has 5 N–H and O–H groups in total. The van der Waals surface area contributed by atoms with Crippen LogP contribution in [0.25, 0.3) is 0 Å². The van der Waals surface area contributed by atoms with E-state index < -0.39 is 0 Å². The fourth-order valence-corrected chi connectivity index (χ4v) is 2.70. The Morgan fingerprint density at radius 2 is 1.62 bits per heavy atom. The van der Waals surface area contributed by atoms with Crippen molar-refractivity contribution in [1.29, 1.82) is 0 Å². The predicted molar refractivity (Wildman–Crippen MR) is 91.3 cm³/mol. The average Bonchev–Trinajstić information content (AvgIpc) is 2.61. The maximum Gasteiger partial charge on any atom is 0.181 e. The van der Waals surface area contributed by atoms with Crippen LogP contribution in [0.15, 0.2) is 24.3 Å². The van der Waals surface area contributed by atoms with Crippen LogP contribution in [0, 0.1) is 0 Å². The summed E-state index contributed by atoms with van der Waals surface area (Å²) in [5, 5.41) is 28.9. The Hall–Kier alpha value is -2.44. The van der Waals surface area contributed by atoms with Gasteiger partial charge in [0.05, 0.1) is 33.1 Å². The van der Waals surface area contributed by atoms with E-state index in [0.717, 1.165) is 11.1 Å². The van der Waals surface area contributed by atoms with Gasteiger partial charge in [0.1, 0.15) is 5.75 Å². The number of hydrogen-bond donors (Lipinski definition) is 4. The van der Waals surface area contributed by atoms with Crippen LogP contribution in [0.4, 0.5) is 5.69 Å². The van der Waals surface area contributed by atoms with Gasteiger partial charge in [-0.05, 0) is 41.7 Å². The molecule has 6 nitrogen and oxygen atoms in total. The van der Waals surface area contributed by atoms with Crippen LogP contribution in [0.3, 0.4) is 0 Å². The zero-order chi connectivity index (χ0) is 17.7. The molecule has 0 saturated heterocycles. The summed E-state index contributed by atoms with van der Waals surface area (Å²) in [7, 11) is 3.00. The van der Waals surface area contributed by atoms with Crippen molar-refractivity contribution in [2.24, 2.45) is 0 Å². The Bertz CT molecular complexity index is 690. The largest absolute Gasteiger partial charge is 0.503 e. The Labute approximate surface area is 141 Å². The van der Waals surface area contributed by atoms with Gasteiger partial charge in [0.2, 0.25) is 0 Å². The Morgan fingerprint density at radius 1 is 0.917 bits per heavy atom. The van der Waals surface area contributed by atoms with Crippen molar-refractivity contribution in [1.82, 2.24) is 0 Å². The average molecular weight is 333 g/mol. The minimum absolute atomic E-state index is 0.0562. The summed E-state index contributed by atoms with van der Waals surface area (Å²) in [5.41, 5.74) is 9.24. The molecule has 0 aliphatic carbocycles. The molecule has 0 bridgehead atoms. The molecule has 0 fully saturated rings. The lowest BCUT2D eigenvalue weighted by Gasteiger charge is -2.14. The zero-order valence-electron chi connectivity index (χ0n) is 13.9. The molecule has 0 atom stereocenters. The molecule has 0 unspecified atom stereocenters. The molecule has 2 aromatic carbocycles. The van der Waals surface area contributed by atoms with E-state index in [-0.39, 0.29) is 19.0 Å². The zero-order valence-corrected chi connectivity index (χ0v) is 13.9. The lowest BCUT2D eigenvalue weighted by Crippen LogP contribution is -2.03. The van der Waals surface area contributed by atoms with E-state index in [1.165, 1.54) is 14.2 Å². The van der Waals surface area contributed by atoms with E-state index in [4.69, 9.17) is 15.2 Å². The van der Waals surface area contributed by atoms with E-state index in [9.17, 15) is 15.3 Å². The van der Waals surface area contributed by atoms with Crippen molar-refractivity contribution in [3.05, 3.63) is 46.5 Å². The van der Waals surface area contributed by atoms with Gasteiger partial charge in [-0.1, -0.05) is 12.1 Å². The molecule has 2 rings (SSSR count). The minimum atomic E-state index is -0.196. The Kier molecular flexibility index (Phi) is 5.89. The van der Waals surface area contributed by atoms with E-state index in [2.05, 4.69) is 0 Å². The molecule has 6 heteroatoms. The monoisotopic (exact) mass is 333 g/mol. The number of nitrogen functional groups attached to an aromatic ring is 1. The van der Waals surface area contributed by atoms with Crippen molar-refractivity contribution in [2.75, 3.05) is 20.0 Å². The quantitative estimate of drug-likeness (QED) is 0.454. The SMILES string of the molecule is COc1ccc(CCc2cc(CO)c(CO)c(OC)c2)c(N)c1O. The molecular formula is C18H23NO5. The number of phenols is 1. The van der Waals surface area contributed by atoms with Gasteiger partial charge >= 0.3 is 0 Å². The number of rotatable bonds is 7. The molecule has 0 aliphatic rings. The molecule has 0 saturated carbocycles. The number of aliphatic hydroxyl groups excluding tert-OH is 2. The maximum absolute atomic E-state index is 9.98. The van der Waals surface area contributed by atoms with Crippen LogP contribution in [0.2, 0.25) is 0 Å². The number of methoxy groups -OCH3 is 2. The smallest absolute Gasteiger partial charge is 0.181 e. The third-order valence-corrected chi connectivity index (χ3v) is 4.08. The third kappa shape index (κ3) is 3.55. The van der Waals surface area contributed by atoms with Gasteiger partial charge in [0.25, 0.3) is 0 Å². The van der Waals surface area contributed by atoms with Crippen molar-refractivity contribution in [3.63, 3.8) is 0 Å². The Morgan fingerprint density at radius 3 is 2.21 bits per heavy atom. The number of benzene rings is 2. The molecule has 130 valence electrons. The van der Waals surface area contributed by atoms with Crippen molar-refractivity contribution in [2.45, 2.75) is 26.1 Å². The molecule has 0 radical (unpaired) electrons. The van der Waals surface area contributed by atoms with Gasteiger partial charge in [-0.2, -0.15) is 0 Å². The number of phenolic OH excluding ortho intramolecular Hbond substituents is 1. The number of aromatic hydroxyl groups is 1. The molecular weight excluding hydrogens is 310 g/mol. The van der Waals surface area contributed by atoms with Gasteiger partial charge in [0.15, 0.2) is 11.5 Å². The molecule has 0 aliphatic heterocycles. The fraction of sp³-hybridized carbons (Fsp3) is 0.333. The second-order valence-corrected chi connectivity index (χ2v) is 5.44. The highest BCUT2D eigenvalue weighted by atomic mass is 16.5. The van der Waals surface area contributed by atoms with Crippen LogP contribution < -0.4 is 15.2 Å². The molecule has 0 spiro atoms. The fourth-order valence-electron chi connectivity index (χ4n) is 2.70. The van der Waals surface area contributed by atoms with Crippen LogP contribution in [-0.4, -0.2) is 29.5 Å². The summed E-state index contributed by atoms with van der Waals surface area (Å²) in [6, 6.07) is 7.17.